The van der Waals surface area contributed by atoms with E-state index >= 15 is 0 Å². The van der Waals surface area contributed by atoms with E-state index in [-0.39, 0.29) is 25.1 Å². The van der Waals surface area contributed by atoms with Crippen molar-refractivity contribution in [2.75, 3.05) is 23.0 Å². The van der Waals surface area contributed by atoms with Crippen molar-refractivity contribution in [3.63, 3.8) is 0 Å². The van der Waals surface area contributed by atoms with Crippen LogP contribution in [0.5, 0.6) is 5.75 Å². The molecule has 3 amide bonds. The summed E-state index contributed by atoms with van der Waals surface area (Å²) in [6.45, 7) is 0.0551. The third kappa shape index (κ3) is 2.26. The minimum Gasteiger partial charge on any atom is -0.481 e. The predicted octanol–water partition coefficient (Wildman–Crippen LogP) is 0.385. The number of carbonyl (C=O) groups is 3. The minimum atomic E-state index is -0.955. The Bertz CT molecular complexity index is 715. The maximum atomic E-state index is 12.0. The van der Waals surface area contributed by atoms with Crippen molar-refractivity contribution in [2.45, 2.75) is 25.0 Å². The second-order valence-corrected chi connectivity index (χ2v) is 5.82. The highest BCUT2D eigenvalue weighted by Crippen LogP contribution is 2.41. The van der Waals surface area contributed by atoms with Crippen LogP contribution in [0.3, 0.4) is 0 Å². The van der Waals surface area contributed by atoms with Gasteiger partial charge in [0.25, 0.3) is 11.8 Å². The normalized spacial score (nSPS) is 23.4. The van der Waals surface area contributed by atoms with Crippen molar-refractivity contribution < 1.29 is 23.9 Å². The van der Waals surface area contributed by atoms with Crippen molar-refractivity contribution in [1.82, 2.24) is 0 Å². The molecule has 4 rings (SSSR count). The van der Waals surface area contributed by atoms with E-state index in [4.69, 9.17) is 15.2 Å². The summed E-state index contributed by atoms with van der Waals surface area (Å²) in [7, 11) is 0. The van der Waals surface area contributed by atoms with Gasteiger partial charge in [0.2, 0.25) is 0 Å². The van der Waals surface area contributed by atoms with Gasteiger partial charge in [-0.15, -0.1) is 0 Å². The van der Waals surface area contributed by atoms with Crippen LogP contribution < -0.4 is 20.3 Å². The van der Waals surface area contributed by atoms with E-state index in [1.807, 2.05) is 0 Å². The SMILES string of the molecule is NC(=O)[C@H]1CN(c2ccc3c(c2)OCC(=O)N3C2CC2)C(=O)O1. The van der Waals surface area contributed by atoms with Crippen molar-refractivity contribution in [2.24, 2.45) is 5.73 Å². The number of primary amides is 1. The third-order valence-corrected chi connectivity index (χ3v) is 4.18. The Morgan fingerprint density at radius 2 is 2.04 bits per heavy atom. The molecule has 0 radical (unpaired) electrons. The lowest BCUT2D eigenvalue weighted by molar-refractivity contribution is -0.124. The zero-order valence-electron chi connectivity index (χ0n) is 12.2. The number of rotatable bonds is 3. The van der Waals surface area contributed by atoms with Crippen LogP contribution >= 0.6 is 0 Å². The van der Waals surface area contributed by atoms with Gasteiger partial charge in [-0.3, -0.25) is 14.5 Å². The molecular weight excluding hydrogens is 302 g/mol. The average molecular weight is 317 g/mol. The fourth-order valence-corrected chi connectivity index (χ4v) is 2.88. The number of cyclic esters (lactones) is 1. The summed E-state index contributed by atoms with van der Waals surface area (Å²) in [6.07, 6.45) is 0.404. The molecule has 1 saturated heterocycles. The number of amides is 3. The van der Waals surface area contributed by atoms with Crippen LogP contribution in [0.2, 0.25) is 0 Å². The van der Waals surface area contributed by atoms with Crippen LogP contribution in [0.4, 0.5) is 16.2 Å². The van der Waals surface area contributed by atoms with Crippen molar-refractivity contribution in [3.05, 3.63) is 18.2 Å². The monoisotopic (exact) mass is 317 g/mol. The van der Waals surface area contributed by atoms with Gasteiger partial charge in [-0.25, -0.2) is 4.79 Å². The lowest BCUT2D eigenvalue weighted by Gasteiger charge is -2.30. The van der Waals surface area contributed by atoms with Crippen LogP contribution in [0, 0.1) is 0 Å². The lowest BCUT2D eigenvalue weighted by atomic mass is 10.2. The summed E-state index contributed by atoms with van der Waals surface area (Å²) in [4.78, 5) is 38.2. The molecule has 1 saturated carbocycles. The number of ether oxygens (including phenoxy) is 2. The van der Waals surface area contributed by atoms with E-state index in [0.29, 0.717) is 17.1 Å². The number of nitrogens with two attached hydrogens (primary N) is 1. The van der Waals surface area contributed by atoms with Crippen LogP contribution in [0.1, 0.15) is 12.8 Å². The number of nitrogens with zero attached hydrogens (tertiary/aromatic N) is 2. The standard InChI is InChI=1S/C15H15N3O5/c16-14(20)12-6-17(15(21)23-12)9-3-4-10-11(5-9)22-7-13(19)18(10)8-1-2-8/h3-5,8,12H,1-2,6-7H2,(H2,16,20)/t12-/m1/s1. The Hall–Kier alpha value is -2.77. The van der Waals surface area contributed by atoms with E-state index in [2.05, 4.69) is 0 Å². The number of hydrogen-bond acceptors (Lipinski definition) is 5. The highest BCUT2D eigenvalue weighted by atomic mass is 16.6. The number of fused-ring (bicyclic) bond motifs is 1. The summed E-state index contributed by atoms with van der Waals surface area (Å²) in [5, 5.41) is 0. The maximum Gasteiger partial charge on any atom is 0.415 e. The van der Waals surface area contributed by atoms with Gasteiger partial charge in [-0.1, -0.05) is 0 Å². The van der Waals surface area contributed by atoms with Gasteiger partial charge in [0.15, 0.2) is 12.7 Å². The van der Waals surface area contributed by atoms with Crippen molar-refractivity contribution in [3.8, 4) is 5.75 Å². The van der Waals surface area contributed by atoms with Gasteiger partial charge in [0, 0.05) is 12.1 Å². The Morgan fingerprint density at radius 1 is 1.26 bits per heavy atom. The first-order chi connectivity index (χ1) is 11.0. The number of anilines is 2. The molecule has 8 nitrogen and oxygen atoms in total. The Kier molecular flexibility index (Phi) is 2.93. The summed E-state index contributed by atoms with van der Waals surface area (Å²) in [5.41, 5.74) is 6.43. The van der Waals surface area contributed by atoms with Gasteiger partial charge in [0.1, 0.15) is 5.75 Å². The minimum absolute atomic E-state index is 0.0126. The van der Waals surface area contributed by atoms with Crippen LogP contribution in [0.15, 0.2) is 18.2 Å². The molecule has 0 unspecified atom stereocenters. The second-order valence-electron chi connectivity index (χ2n) is 5.82. The zero-order valence-corrected chi connectivity index (χ0v) is 12.2. The fourth-order valence-electron chi connectivity index (χ4n) is 2.88. The first-order valence-corrected chi connectivity index (χ1v) is 7.41. The molecule has 2 heterocycles. The lowest BCUT2D eigenvalue weighted by Crippen LogP contribution is -2.40. The zero-order chi connectivity index (χ0) is 16.1. The van der Waals surface area contributed by atoms with Gasteiger partial charge in [0.05, 0.1) is 17.9 Å². The largest absolute Gasteiger partial charge is 0.481 e. The van der Waals surface area contributed by atoms with E-state index in [1.165, 1.54) is 4.90 Å². The average Bonchev–Trinajstić information content (AvgIpc) is 3.28. The first-order valence-electron chi connectivity index (χ1n) is 7.41. The maximum absolute atomic E-state index is 12.0. The van der Waals surface area contributed by atoms with E-state index in [0.717, 1.165) is 12.8 Å². The van der Waals surface area contributed by atoms with Gasteiger partial charge in [-0.2, -0.15) is 0 Å². The summed E-state index contributed by atoms with van der Waals surface area (Å²) >= 11 is 0. The molecule has 8 heteroatoms. The predicted molar refractivity (Wildman–Crippen MR) is 79.3 cm³/mol. The molecule has 2 fully saturated rings. The molecule has 1 aromatic carbocycles. The molecule has 3 aliphatic rings. The molecule has 0 aromatic heterocycles. The molecule has 0 spiro atoms. The molecule has 1 atom stereocenters. The Balaban J connectivity index is 1.64. The third-order valence-electron chi connectivity index (χ3n) is 4.18. The van der Waals surface area contributed by atoms with Gasteiger partial charge in [-0.05, 0) is 25.0 Å². The van der Waals surface area contributed by atoms with Crippen LogP contribution in [-0.4, -0.2) is 43.2 Å². The van der Waals surface area contributed by atoms with Crippen LogP contribution in [0.25, 0.3) is 0 Å². The summed E-state index contributed by atoms with van der Waals surface area (Å²) in [5.74, 6) is -0.188. The van der Waals surface area contributed by atoms with Crippen LogP contribution in [-0.2, 0) is 14.3 Å². The van der Waals surface area contributed by atoms with Crippen molar-refractivity contribution >= 4 is 29.3 Å². The Morgan fingerprint density at radius 3 is 2.70 bits per heavy atom. The number of carbonyl (C=O) groups excluding carboxylic acids is 3. The molecule has 23 heavy (non-hydrogen) atoms. The Labute approximate surface area is 131 Å². The molecular formula is C15H15N3O5. The quantitative estimate of drug-likeness (QED) is 0.868. The highest BCUT2D eigenvalue weighted by molar-refractivity contribution is 6.00. The molecule has 120 valence electrons. The topological polar surface area (TPSA) is 102 Å². The van der Waals surface area contributed by atoms with E-state index < -0.39 is 18.1 Å². The van der Waals surface area contributed by atoms with E-state index in [1.54, 1.807) is 23.1 Å². The molecule has 2 N–H and O–H groups in total. The molecule has 0 bridgehead atoms. The number of hydrogen-bond donors (Lipinski definition) is 1. The molecule has 1 aromatic rings. The van der Waals surface area contributed by atoms with Gasteiger partial charge < -0.3 is 20.1 Å². The van der Waals surface area contributed by atoms with Crippen molar-refractivity contribution in [1.29, 1.82) is 0 Å². The van der Waals surface area contributed by atoms with Gasteiger partial charge >= 0.3 is 6.09 Å². The highest BCUT2D eigenvalue weighted by Gasteiger charge is 2.39. The van der Waals surface area contributed by atoms with E-state index in [9.17, 15) is 14.4 Å². The summed E-state index contributed by atoms with van der Waals surface area (Å²) < 4.78 is 10.4. The first kappa shape index (κ1) is 13.9. The fraction of sp³-hybridized carbons (Fsp3) is 0.400. The molecule has 2 aliphatic heterocycles. The summed E-state index contributed by atoms with van der Waals surface area (Å²) in [6, 6.07) is 5.39. The number of benzene rings is 1. The second kappa shape index (κ2) is 4.87. The molecule has 1 aliphatic carbocycles. The smallest absolute Gasteiger partial charge is 0.415 e.